The first-order valence-electron chi connectivity index (χ1n) is 24.2. The molecule has 0 fully saturated rings. The highest BCUT2D eigenvalue weighted by atomic mass is 32.2. The highest BCUT2D eigenvalue weighted by Crippen LogP contribution is 2.51. The molecule has 0 spiro atoms. The third-order valence-electron chi connectivity index (χ3n) is 11.2. The Labute approximate surface area is 412 Å². The summed E-state index contributed by atoms with van der Waals surface area (Å²) in [5, 5.41) is 10.1. The van der Waals surface area contributed by atoms with Crippen LogP contribution < -0.4 is 14.8 Å². The molecule has 16 nitrogen and oxygen atoms in total. The lowest BCUT2D eigenvalue weighted by atomic mass is 9.78. The molecule has 0 amide bonds. The van der Waals surface area contributed by atoms with E-state index in [0.29, 0.717) is 122 Å². The minimum Gasteiger partial charge on any atom is -0.481 e. The van der Waals surface area contributed by atoms with E-state index in [1.54, 1.807) is 13.2 Å². The van der Waals surface area contributed by atoms with Crippen LogP contribution in [0.25, 0.3) is 17.4 Å². The Morgan fingerprint density at radius 1 is 0.812 bits per heavy atom. The van der Waals surface area contributed by atoms with Crippen molar-refractivity contribution in [2.75, 3.05) is 96.9 Å². The summed E-state index contributed by atoms with van der Waals surface area (Å²) < 4.78 is 103. The Morgan fingerprint density at radius 3 is 1.97 bits per heavy atom. The van der Waals surface area contributed by atoms with Gasteiger partial charge in [-0.15, -0.1) is 0 Å². The van der Waals surface area contributed by atoms with E-state index in [-0.39, 0.29) is 28.9 Å². The van der Waals surface area contributed by atoms with Gasteiger partial charge in [-0.1, -0.05) is 61.0 Å². The summed E-state index contributed by atoms with van der Waals surface area (Å²) in [5.74, 6) is 0.0433. The minimum absolute atomic E-state index is 0.0631. The van der Waals surface area contributed by atoms with Crippen LogP contribution in [0, 0.1) is 0 Å². The molecular formula is C51H81N2O14S2+. The van der Waals surface area contributed by atoms with Gasteiger partial charge in [-0.05, 0) is 92.1 Å². The van der Waals surface area contributed by atoms with Crippen LogP contribution in [-0.4, -0.2) is 129 Å². The van der Waals surface area contributed by atoms with E-state index in [1.165, 1.54) is 12.1 Å². The molecule has 2 heterocycles. The molecule has 3 N–H and O–H groups in total. The zero-order valence-corrected chi connectivity index (χ0v) is 44.4. The molecule has 69 heavy (non-hydrogen) atoms. The van der Waals surface area contributed by atoms with E-state index >= 15 is 0 Å². The van der Waals surface area contributed by atoms with Crippen LogP contribution in [0.3, 0.4) is 0 Å². The van der Waals surface area contributed by atoms with Crippen LogP contribution in [0.1, 0.15) is 118 Å². The molecule has 1 aromatic rings. The number of hydrogen-bond acceptors (Lipinski definition) is 12. The average Bonchev–Trinajstić information content (AvgIpc) is 3.53. The molecule has 1 atom stereocenters. The van der Waals surface area contributed by atoms with Gasteiger partial charge in [0.15, 0.2) is 0 Å². The molecular weight excluding hydrogens is 929 g/mol. The fraction of sp³-hybridized carbons (Fsp3) is 0.608. The van der Waals surface area contributed by atoms with E-state index in [4.69, 9.17) is 28.1 Å². The molecule has 1 unspecified atom stereocenters. The van der Waals surface area contributed by atoms with Gasteiger partial charge >= 0.3 is 5.97 Å². The topological polar surface area (TPSA) is 212 Å². The first-order valence-corrected chi connectivity index (χ1v) is 27.2. The van der Waals surface area contributed by atoms with Gasteiger partial charge in [0.1, 0.15) is 24.6 Å². The molecule has 0 saturated heterocycles. The fourth-order valence-corrected chi connectivity index (χ4v) is 8.84. The second-order valence-electron chi connectivity index (χ2n) is 17.2. The van der Waals surface area contributed by atoms with E-state index in [1.807, 2.05) is 88.6 Å². The molecule has 2 aliphatic heterocycles. The Kier molecular flexibility index (Phi) is 27.2. The largest absolute Gasteiger partial charge is 0.481 e. The number of rotatable bonds is 29. The maximum Gasteiger partial charge on any atom is 0.303 e. The number of hydrogen-bond donors (Lipinski definition) is 3. The predicted octanol–water partition coefficient (Wildman–Crippen LogP) is 8.47. The Hall–Kier alpha value is -3.98. The average molecular weight is 1010 g/mol. The van der Waals surface area contributed by atoms with E-state index < -0.39 is 31.6 Å². The van der Waals surface area contributed by atoms with Crippen LogP contribution >= 0.6 is 0 Å². The number of anilines is 1. The monoisotopic (exact) mass is 1010 g/mol. The molecule has 1 aromatic carbocycles. The maximum absolute atomic E-state index is 12.4. The standard InChI is InChI=1S/C47H68N2O14S2.2C2H6/c1-7-48(21-12-32-64(52,53)54)36-16-18-39-40(46(2,3)4)34-37(63-43(39)33-36)13-11-14-44-47(5,20-23-59-26-27-61-30-31-62-29-28-60-25-24-58-6)41-35-38(65(55,56)57)17-19-42(41)49(44)22-10-8-9-15-45(50)51;2*1-2/h11,13-14,16-19,33-35H,7-10,12,15,20-32H2,1-6H3,(H2-,50,51,52,53,54,55,56,57);2*1-2H3/p+1. The summed E-state index contributed by atoms with van der Waals surface area (Å²) in [6.45, 7) is 23.7. The maximum atomic E-state index is 12.4. The molecule has 390 valence electrons. The van der Waals surface area contributed by atoms with Crippen molar-refractivity contribution in [3.8, 4) is 11.3 Å². The SMILES string of the molecule is CC.CC.CC[N+](CCCS(=O)(=O)O)=c1ccc2c(C(C)(C)C)cc(/C=C/C=C3/N(CCCCCC(=O)O)c4ccc(S(=O)(=O)O)cc4C3(C)CCOCCOCCOCCOCCOC)oc-2c1. The number of carbonyl (C=O) groups is 1. The number of carboxylic acids is 1. The van der Waals surface area contributed by atoms with Gasteiger partial charge < -0.3 is 38.1 Å². The van der Waals surface area contributed by atoms with Crippen LogP contribution in [0.15, 0.2) is 69.6 Å². The third kappa shape index (κ3) is 20.3. The van der Waals surface area contributed by atoms with Gasteiger partial charge in [-0.3, -0.25) is 13.9 Å². The van der Waals surface area contributed by atoms with Gasteiger partial charge in [-0.25, -0.2) is 4.58 Å². The third-order valence-corrected chi connectivity index (χ3v) is 12.9. The fourth-order valence-electron chi connectivity index (χ4n) is 7.83. The van der Waals surface area contributed by atoms with Crippen molar-refractivity contribution >= 4 is 38.0 Å². The minimum atomic E-state index is -4.53. The number of fused-ring (bicyclic) bond motifs is 2. The van der Waals surface area contributed by atoms with E-state index in [2.05, 4.69) is 25.7 Å². The number of methoxy groups -OCH3 is 1. The summed E-state index contributed by atoms with van der Waals surface area (Å²) in [5.41, 5.74) is 3.29. The highest BCUT2D eigenvalue weighted by molar-refractivity contribution is 7.86. The number of nitrogens with zero attached hydrogens (tertiary/aromatic N) is 2. The first-order chi connectivity index (χ1) is 32.8. The lowest BCUT2D eigenvalue weighted by Crippen LogP contribution is -2.31. The van der Waals surface area contributed by atoms with Crippen molar-refractivity contribution in [2.24, 2.45) is 0 Å². The predicted molar refractivity (Wildman–Crippen MR) is 272 cm³/mol. The van der Waals surface area contributed by atoms with Crippen molar-refractivity contribution in [3.63, 3.8) is 0 Å². The number of carboxylic acid groups (broad SMARTS) is 1. The molecule has 0 saturated carbocycles. The van der Waals surface area contributed by atoms with E-state index in [9.17, 15) is 35.8 Å². The number of ether oxygens (including phenoxy) is 5. The molecule has 0 aromatic heterocycles. The Bertz CT molecular complexity index is 2340. The van der Waals surface area contributed by atoms with Crippen molar-refractivity contribution < 1.29 is 63.9 Å². The molecule has 1 aliphatic carbocycles. The van der Waals surface area contributed by atoms with Gasteiger partial charge in [0, 0.05) is 61.5 Å². The van der Waals surface area contributed by atoms with Crippen LogP contribution in [0.2, 0.25) is 0 Å². The lowest BCUT2D eigenvalue weighted by molar-refractivity contribution is -0.137. The highest BCUT2D eigenvalue weighted by Gasteiger charge is 2.43. The van der Waals surface area contributed by atoms with Crippen LogP contribution in [0.5, 0.6) is 0 Å². The number of allylic oxidation sites excluding steroid dienone is 3. The number of benzene rings is 2. The Morgan fingerprint density at radius 2 is 1.42 bits per heavy atom. The zero-order chi connectivity index (χ0) is 51.7. The lowest BCUT2D eigenvalue weighted by Gasteiger charge is -2.30. The van der Waals surface area contributed by atoms with Crippen LogP contribution in [0.4, 0.5) is 5.69 Å². The first kappa shape index (κ1) is 61.1. The number of unbranched alkanes of at least 4 members (excludes halogenated alkanes) is 2. The molecule has 0 radical (unpaired) electrons. The van der Waals surface area contributed by atoms with Gasteiger partial charge in [-0.2, -0.15) is 16.8 Å². The smallest absolute Gasteiger partial charge is 0.303 e. The molecule has 18 heteroatoms. The quantitative estimate of drug-likeness (QED) is 0.0338. The molecule has 0 bridgehead atoms. The second-order valence-corrected chi connectivity index (χ2v) is 20.2. The van der Waals surface area contributed by atoms with Crippen molar-refractivity contribution in [1.29, 1.82) is 0 Å². The van der Waals surface area contributed by atoms with Gasteiger partial charge in [0.05, 0.1) is 69.6 Å². The summed E-state index contributed by atoms with van der Waals surface area (Å²) in [4.78, 5) is 13.2. The molecule has 3 aliphatic rings. The second kappa shape index (κ2) is 30.7. The van der Waals surface area contributed by atoms with Crippen molar-refractivity contribution in [2.45, 2.75) is 117 Å². The van der Waals surface area contributed by atoms with Gasteiger partial charge in [0.25, 0.3) is 20.2 Å². The van der Waals surface area contributed by atoms with Crippen molar-refractivity contribution in [3.05, 3.63) is 82.6 Å². The number of aliphatic carboxylic acids is 1. The summed E-state index contributed by atoms with van der Waals surface area (Å²) in [6, 6.07) is 12.6. The summed E-state index contributed by atoms with van der Waals surface area (Å²) in [7, 11) is -6.99. The summed E-state index contributed by atoms with van der Waals surface area (Å²) >= 11 is 0. The Balaban J connectivity index is 0.00000397. The summed E-state index contributed by atoms with van der Waals surface area (Å²) in [6.07, 6.45) is 8.39. The zero-order valence-electron chi connectivity index (χ0n) is 42.8. The van der Waals surface area contributed by atoms with Crippen molar-refractivity contribution in [1.82, 2.24) is 4.58 Å². The van der Waals surface area contributed by atoms with E-state index in [0.717, 1.165) is 27.9 Å². The molecule has 4 rings (SSSR count). The normalized spacial score (nSPS) is 16.1. The van der Waals surface area contributed by atoms with Crippen LogP contribution in [-0.2, 0) is 59.5 Å². The van der Waals surface area contributed by atoms with Gasteiger partial charge in [0.2, 0.25) is 5.36 Å².